The van der Waals surface area contributed by atoms with E-state index in [4.69, 9.17) is 15.4 Å². The van der Waals surface area contributed by atoms with Gasteiger partial charge in [-0.1, -0.05) is 6.92 Å². The highest BCUT2D eigenvalue weighted by Crippen LogP contribution is 2.42. The summed E-state index contributed by atoms with van der Waals surface area (Å²) in [6.07, 6.45) is 0.922. The van der Waals surface area contributed by atoms with Crippen molar-refractivity contribution in [1.82, 2.24) is 4.90 Å². The van der Waals surface area contributed by atoms with Crippen molar-refractivity contribution in [3.05, 3.63) is 40.1 Å². The zero-order valence-corrected chi connectivity index (χ0v) is 15.2. The molecule has 0 saturated carbocycles. The second-order valence-electron chi connectivity index (χ2n) is 6.54. The maximum Gasteiger partial charge on any atom is 0.228 e. The maximum atomic E-state index is 12.2. The van der Waals surface area contributed by atoms with E-state index in [-0.39, 0.29) is 11.3 Å². The lowest BCUT2D eigenvalue weighted by Gasteiger charge is -2.36. The van der Waals surface area contributed by atoms with Crippen LogP contribution in [0.1, 0.15) is 30.2 Å². The number of nitriles is 1. The van der Waals surface area contributed by atoms with Crippen LogP contribution >= 0.6 is 11.3 Å². The Labute approximate surface area is 151 Å². The fraction of sp³-hybridized carbons (Fsp3) is 0.316. The number of likely N-dealkylation sites (tertiary alicyclic amines) is 1. The van der Waals surface area contributed by atoms with Gasteiger partial charge in [0.15, 0.2) is 0 Å². The highest BCUT2D eigenvalue weighted by Gasteiger charge is 2.39. The van der Waals surface area contributed by atoms with Gasteiger partial charge in [0, 0.05) is 35.7 Å². The first-order valence-electron chi connectivity index (χ1n) is 7.89. The van der Waals surface area contributed by atoms with Crippen LogP contribution in [0.25, 0.3) is 11.1 Å². The molecule has 25 heavy (non-hydrogen) atoms. The van der Waals surface area contributed by atoms with Crippen LogP contribution in [-0.4, -0.2) is 30.8 Å². The first kappa shape index (κ1) is 17.2. The Hall–Kier alpha value is -2.65. The van der Waals surface area contributed by atoms with Crippen molar-refractivity contribution in [3.8, 4) is 22.9 Å². The molecule has 0 spiro atoms. The van der Waals surface area contributed by atoms with Crippen LogP contribution in [-0.2, 0) is 10.2 Å². The number of thiophene rings is 1. The van der Waals surface area contributed by atoms with E-state index >= 15 is 0 Å². The molecule has 1 aromatic carbocycles. The van der Waals surface area contributed by atoms with E-state index in [0.717, 1.165) is 16.0 Å². The molecule has 0 aliphatic carbocycles. The molecule has 1 amide bonds. The maximum absolute atomic E-state index is 12.2. The number of rotatable bonds is 3. The van der Waals surface area contributed by atoms with E-state index in [9.17, 15) is 4.79 Å². The molecule has 1 saturated heterocycles. The minimum Gasteiger partial charge on any atom is -0.496 e. The number of benzene rings is 1. The SMILES string of the molecule is COc1ccc(C#N)cc1-c1csc([C@@]2(C)CC(=N)N(C)C(=O)C2)c1. The summed E-state index contributed by atoms with van der Waals surface area (Å²) in [5.74, 6) is 1.02. The summed E-state index contributed by atoms with van der Waals surface area (Å²) < 4.78 is 5.43. The average molecular weight is 353 g/mol. The standard InChI is InChI=1S/C19H19N3O2S/c1-19(8-17(21)22(2)18(23)9-19)16-7-13(11-25-16)14-6-12(10-20)4-5-15(14)24-3/h4-7,11,21H,8-9H2,1-3H3/t19-/m0/s1. The number of hydrogen-bond acceptors (Lipinski definition) is 5. The zero-order chi connectivity index (χ0) is 18.2. The molecule has 6 heteroatoms. The molecule has 1 aliphatic rings. The van der Waals surface area contributed by atoms with Crippen molar-refractivity contribution in [2.75, 3.05) is 14.2 Å². The molecule has 1 aliphatic heterocycles. The summed E-state index contributed by atoms with van der Waals surface area (Å²) in [6, 6.07) is 9.54. The summed E-state index contributed by atoms with van der Waals surface area (Å²) in [6.45, 7) is 2.03. The smallest absolute Gasteiger partial charge is 0.228 e. The second kappa shape index (κ2) is 6.34. The fourth-order valence-corrected chi connectivity index (χ4v) is 4.20. The molecule has 128 valence electrons. The van der Waals surface area contributed by atoms with Crippen LogP contribution < -0.4 is 4.74 Å². The number of carbonyl (C=O) groups excluding carboxylic acids is 1. The first-order valence-corrected chi connectivity index (χ1v) is 8.77. The third-order valence-corrected chi connectivity index (χ3v) is 5.95. The van der Waals surface area contributed by atoms with E-state index in [1.165, 1.54) is 4.90 Å². The van der Waals surface area contributed by atoms with Crippen molar-refractivity contribution in [2.24, 2.45) is 0 Å². The summed E-state index contributed by atoms with van der Waals surface area (Å²) >= 11 is 1.58. The molecule has 1 N–H and O–H groups in total. The Morgan fingerprint density at radius 3 is 2.76 bits per heavy atom. The van der Waals surface area contributed by atoms with Gasteiger partial charge in [0.1, 0.15) is 11.6 Å². The van der Waals surface area contributed by atoms with Crippen LogP contribution in [0.5, 0.6) is 5.75 Å². The Morgan fingerprint density at radius 1 is 1.36 bits per heavy atom. The van der Waals surface area contributed by atoms with Crippen molar-refractivity contribution in [3.63, 3.8) is 0 Å². The summed E-state index contributed by atoms with van der Waals surface area (Å²) in [5, 5.41) is 19.2. The number of amidine groups is 1. The van der Waals surface area contributed by atoms with Gasteiger partial charge in [-0.3, -0.25) is 10.2 Å². The van der Waals surface area contributed by atoms with E-state index in [1.807, 2.05) is 18.4 Å². The molecule has 1 fully saturated rings. The summed E-state index contributed by atoms with van der Waals surface area (Å²) in [7, 11) is 3.26. The van der Waals surface area contributed by atoms with E-state index < -0.39 is 0 Å². The third-order valence-electron chi connectivity index (χ3n) is 4.71. The minimum absolute atomic E-state index is 0.0299. The lowest BCUT2D eigenvalue weighted by Crippen LogP contribution is -2.46. The minimum atomic E-state index is -0.371. The normalized spacial score (nSPS) is 20.5. The molecule has 3 rings (SSSR count). The number of amides is 1. The van der Waals surface area contributed by atoms with Gasteiger partial charge in [-0.25, -0.2) is 0 Å². The second-order valence-corrected chi connectivity index (χ2v) is 7.45. The number of nitrogens with zero attached hydrogens (tertiary/aromatic N) is 2. The number of piperidine rings is 1. The van der Waals surface area contributed by atoms with Gasteiger partial charge >= 0.3 is 0 Å². The molecule has 0 radical (unpaired) electrons. The molecular weight excluding hydrogens is 334 g/mol. The molecule has 1 atom stereocenters. The lowest BCUT2D eigenvalue weighted by atomic mass is 9.78. The Bertz CT molecular complexity index is 876. The van der Waals surface area contributed by atoms with Crippen molar-refractivity contribution in [2.45, 2.75) is 25.2 Å². The predicted molar refractivity (Wildman–Crippen MR) is 98.1 cm³/mol. The molecule has 5 nitrogen and oxygen atoms in total. The van der Waals surface area contributed by atoms with Gasteiger partial charge in [-0.05, 0) is 35.2 Å². The number of ether oxygens (including phenoxy) is 1. The van der Waals surface area contributed by atoms with E-state index in [2.05, 4.69) is 12.1 Å². The van der Waals surface area contributed by atoms with Crippen molar-refractivity contribution in [1.29, 1.82) is 10.7 Å². The number of hydrogen-bond donors (Lipinski definition) is 1. The molecule has 1 aromatic heterocycles. The van der Waals surface area contributed by atoms with Gasteiger partial charge in [0.2, 0.25) is 5.91 Å². The lowest BCUT2D eigenvalue weighted by molar-refractivity contribution is -0.128. The van der Waals surface area contributed by atoms with Gasteiger partial charge in [-0.2, -0.15) is 5.26 Å². The van der Waals surface area contributed by atoms with E-state index in [1.54, 1.807) is 37.6 Å². The molecule has 0 unspecified atom stereocenters. The summed E-state index contributed by atoms with van der Waals surface area (Å²) in [4.78, 5) is 14.7. The zero-order valence-electron chi connectivity index (χ0n) is 14.4. The van der Waals surface area contributed by atoms with Gasteiger partial charge < -0.3 is 9.64 Å². The fourth-order valence-electron chi connectivity index (χ4n) is 3.12. The largest absolute Gasteiger partial charge is 0.496 e. The quantitative estimate of drug-likeness (QED) is 0.912. The highest BCUT2D eigenvalue weighted by molar-refractivity contribution is 7.10. The number of methoxy groups -OCH3 is 1. The third kappa shape index (κ3) is 3.03. The van der Waals surface area contributed by atoms with Crippen molar-refractivity contribution < 1.29 is 9.53 Å². The predicted octanol–water partition coefficient (Wildman–Crippen LogP) is 3.78. The highest BCUT2D eigenvalue weighted by atomic mass is 32.1. The Kier molecular flexibility index (Phi) is 4.36. The van der Waals surface area contributed by atoms with Crippen LogP contribution in [0.4, 0.5) is 0 Å². The van der Waals surface area contributed by atoms with E-state index in [0.29, 0.717) is 30.0 Å². The molecule has 2 heterocycles. The van der Waals surface area contributed by atoms with Gasteiger partial charge in [0.25, 0.3) is 0 Å². The number of nitrogens with one attached hydrogen (secondary N) is 1. The number of carbonyl (C=O) groups is 1. The van der Waals surface area contributed by atoms with Crippen LogP contribution in [0, 0.1) is 16.7 Å². The topological polar surface area (TPSA) is 77.2 Å². The first-order chi connectivity index (χ1) is 11.9. The van der Waals surface area contributed by atoms with Gasteiger partial charge in [0.05, 0.1) is 18.7 Å². The van der Waals surface area contributed by atoms with Crippen LogP contribution in [0.3, 0.4) is 0 Å². The summed E-state index contributed by atoms with van der Waals surface area (Å²) in [5.41, 5.74) is 2.03. The molecular formula is C19H19N3O2S. The van der Waals surface area contributed by atoms with Gasteiger partial charge in [-0.15, -0.1) is 11.3 Å². The Morgan fingerprint density at radius 2 is 2.12 bits per heavy atom. The van der Waals surface area contributed by atoms with Crippen LogP contribution in [0.2, 0.25) is 0 Å². The molecule has 2 aromatic rings. The van der Waals surface area contributed by atoms with Crippen molar-refractivity contribution >= 4 is 23.1 Å². The van der Waals surface area contributed by atoms with Crippen LogP contribution in [0.15, 0.2) is 29.6 Å². The molecule has 0 bridgehead atoms. The Balaban J connectivity index is 2.00. The monoisotopic (exact) mass is 353 g/mol. The average Bonchev–Trinajstić information content (AvgIpc) is 3.10.